The smallest absolute Gasteiger partial charge is 0.379 e. The van der Waals surface area contributed by atoms with Crippen molar-refractivity contribution in [2.45, 2.75) is 12.6 Å². The molecule has 10 nitrogen and oxygen atoms in total. The van der Waals surface area contributed by atoms with Crippen LogP contribution in [0, 0.1) is 0 Å². The third kappa shape index (κ3) is 7.21. The zero-order chi connectivity index (χ0) is 29.5. The molecule has 0 unspecified atom stereocenters. The molecule has 2 fully saturated rings. The number of benzene rings is 2. The van der Waals surface area contributed by atoms with E-state index in [0.29, 0.717) is 49.8 Å². The number of hydrogen-bond acceptors (Lipinski definition) is 7. The van der Waals surface area contributed by atoms with Crippen molar-refractivity contribution in [3.05, 3.63) is 76.7 Å². The van der Waals surface area contributed by atoms with Gasteiger partial charge < -0.3 is 25.2 Å². The normalized spacial score (nSPS) is 16.4. The van der Waals surface area contributed by atoms with E-state index in [1.54, 1.807) is 11.1 Å². The quantitative estimate of drug-likeness (QED) is 0.389. The standard InChI is InChI=1S/C29H34F3N7O3/c30-29(31,32)22-7-9-23(10-8-22)35-28(41)38-15-13-37(14-16-38)25-21-34-39(24-5-2-1-3-6-24)27(40)26(25)33-11-4-12-36-17-19-42-20-18-36/h1-3,5-10,21,33H,4,11-20H2,(H,35,41). The summed E-state index contributed by atoms with van der Waals surface area (Å²) in [6.45, 7) is 6.42. The number of nitrogens with zero attached hydrogens (tertiary/aromatic N) is 5. The first kappa shape index (κ1) is 29.4. The van der Waals surface area contributed by atoms with Gasteiger partial charge in [0.05, 0.1) is 36.3 Å². The van der Waals surface area contributed by atoms with Crippen molar-refractivity contribution in [1.82, 2.24) is 19.6 Å². The van der Waals surface area contributed by atoms with E-state index in [2.05, 4.69) is 20.6 Å². The van der Waals surface area contributed by atoms with Crippen LogP contribution in [0.4, 0.5) is 35.0 Å². The number of piperazine rings is 1. The van der Waals surface area contributed by atoms with Crippen LogP contribution in [0.1, 0.15) is 12.0 Å². The number of ether oxygens (including phenoxy) is 1. The van der Waals surface area contributed by atoms with E-state index < -0.39 is 17.8 Å². The van der Waals surface area contributed by atoms with Crippen molar-refractivity contribution in [3.8, 4) is 5.69 Å². The molecular formula is C29H34F3N7O3. The van der Waals surface area contributed by atoms with Crippen LogP contribution in [0.15, 0.2) is 65.6 Å². The summed E-state index contributed by atoms with van der Waals surface area (Å²) in [5.41, 5.74) is 1.04. The van der Waals surface area contributed by atoms with Gasteiger partial charge in [0.1, 0.15) is 5.69 Å². The number of aromatic nitrogens is 2. The highest BCUT2D eigenvalue weighted by molar-refractivity contribution is 5.89. The van der Waals surface area contributed by atoms with Gasteiger partial charge >= 0.3 is 12.2 Å². The summed E-state index contributed by atoms with van der Waals surface area (Å²) >= 11 is 0. The number of rotatable bonds is 8. The summed E-state index contributed by atoms with van der Waals surface area (Å²) in [6.07, 6.45) is -1.91. The molecule has 2 amide bonds. The molecule has 2 saturated heterocycles. The van der Waals surface area contributed by atoms with Crippen molar-refractivity contribution < 1.29 is 22.7 Å². The molecule has 0 radical (unpaired) electrons. The summed E-state index contributed by atoms with van der Waals surface area (Å²) in [5.74, 6) is 0. The molecular weight excluding hydrogens is 551 g/mol. The molecule has 3 aromatic rings. The molecule has 0 aliphatic carbocycles. The lowest BCUT2D eigenvalue weighted by molar-refractivity contribution is -0.137. The lowest BCUT2D eigenvalue weighted by Gasteiger charge is -2.36. The Morgan fingerprint density at radius 1 is 0.929 bits per heavy atom. The molecule has 2 aliphatic heterocycles. The van der Waals surface area contributed by atoms with Crippen LogP contribution >= 0.6 is 0 Å². The third-order valence-electron chi connectivity index (χ3n) is 7.39. The number of amides is 2. The first-order chi connectivity index (χ1) is 20.3. The van der Waals surface area contributed by atoms with E-state index in [-0.39, 0.29) is 11.2 Å². The number of carbonyl (C=O) groups is 1. The molecule has 0 saturated carbocycles. The Bertz CT molecular complexity index is 1390. The topological polar surface area (TPSA) is 95.0 Å². The van der Waals surface area contributed by atoms with E-state index in [1.807, 2.05) is 35.2 Å². The molecule has 0 spiro atoms. The molecule has 1 aromatic heterocycles. The fourth-order valence-corrected chi connectivity index (χ4v) is 5.04. The Morgan fingerprint density at radius 2 is 1.62 bits per heavy atom. The fraction of sp³-hybridized carbons (Fsp3) is 0.414. The van der Waals surface area contributed by atoms with Crippen molar-refractivity contribution in [1.29, 1.82) is 0 Å². The van der Waals surface area contributed by atoms with Crippen LogP contribution < -0.4 is 21.1 Å². The second-order valence-corrected chi connectivity index (χ2v) is 10.2. The Balaban J connectivity index is 1.24. The number of halogens is 3. The van der Waals surface area contributed by atoms with Crippen LogP contribution in [0.3, 0.4) is 0 Å². The minimum absolute atomic E-state index is 0.257. The highest BCUT2D eigenvalue weighted by Crippen LogP contribution is 2.30. The minimum atomic E-state index is -4.44. The SMILES string of the molecule is O=C(Nc1ccc(C(F)(F)F)cc1)N1CCN(c2cnn(-c3ccccc3)c(=O)c2NCCCN2CCOCC2)CC1. The number of nitrogens with one attached hydrogen (secondary N) is 2. The van der Waals surface area contributed by atoms with Gasteiger partial charge in [-0.1, -0.05) is 18.2 Å². The van der Waals surface area contributed by atoms with Gasteiger partial charge in [-0.3, -0.25) is 9.69 Å². The second kappa shape index (κ2) is 13.3. The molecule has 5 rings (SSSR count). The lowest BCUT2D eigenvalue weighted by Crippen LogP contribution is -2.50. The van der Waals surface area contributed by atoms with E-state index in [0.717, 1.165) is 51.4 Å². The van der Waals surface area contributed by atoms with Gasteiger partial charge in [0.2, 0.25) is 0 Å². The molecule has 3 heterocycles. The fourth-order valence-electron chi connectivity index (χ4n) is 5.04. The highest BCUT2D eigenvalue weighted by atomic mass is 19.4. The number of alkyl halides is 3. The molecule has 42 heavy (non-hydrogen) atoms. The van der Waals surface area contributed by atoms with Gasteiger partial charge in [0, 0.05) is 51.5 Å². The van der Waals surface area contributed by atoms with Crippen molar-refractivity contribution in [2.24, 2.45) is 0 Å². The van der Waals surface area contributed by atoms with E-state index in [1.165, 1.54) is 16.8 Å². The summed E-state index contributed by atoms with van der Waals surface area (Å²) in [7, 11) is 0. The minimum Gasteiger partial charge on any atom is -0.379 e. The Morgan fingerprint density at radius 3 is 2.29 bits per heavy atom. The average Bonchev–Trinajstić information content (AvgIpc) is 3.00. The van der Waals surface area contributed by atoms with Crippen LogP contribution in [0.2, 0.25) is 0 Å². The van der Waals surface area contributed by atoms with Crippen LogP contribution in [0.5, 0.6) is 0 Å². The van der Waals surface area contributed by atoms with Crippen molar-refractivity contribution in [3.63, 3.8) is 0 Å². The largest absolute Gasteiger partial charge is 0.416 e. The maximum Gasteiger partial charge on any atom is 0.416 e. The maximum absolute atomic E-state index is 13.6. The Labute approximate surface area is 241 Å². The average molecular weight is 586 g/mol. The van der Waals surface area contributed by atoms with Gasteiger partial charge in [-0.05, 0) is 49.4 Å². The Hall–Kier alpha value is -4.10. The van der Waals surface area contributed by atoms with Crippen molar-refractivity contribution >= 4 is 23.1 Å². The lowest BCUT2D eigenvalue weighted by atomic mass is 10.2. The monoisotopic (exact) mass is 585 g/mol. The van der Waals surface area contributed by atoms with Gasteiger partial charge in [-0.15, -0.1) is 0 Å². The number of hydrogen-bond donors (Lipinski definition) is 2. The van der Waals surface area contributed by atoms with Gasteiger partial charge in [-0.2, -0.15) is 23.0 Å². The molecule has 0 bridgehead atoms. The molecule has 0 atom stereocenters. The van der Waals surface area contributed by atoms with Gasteiger partial charge in [0.15, 0.2) is 0 Å². The summed E-state index contributed by atoms with van der Waals surface area (Å²) in [6, 6.07) is 13.2. The van der Waals surface area contributed by atoms with Crippen LogP contribution in [0.25, 0.3) is 5.69 Å². The maximum atomic E-state index is 13.6. The molecule has 224 valence electrons. The van der Waals surface area contributed by atoms with Crippen molar-refractivity contribution in [2.75, 3.05) is 81.1 Å². The third-order valence-corrected chi connectivity index (χ3v) is 7.39. The summed E-state index contributed by atoms with van der Waals surface area (Å²) in [5, 5.41) is 10.5. The summed E-state index contributed by atoms with van der Waals surface area (Å²) < 4.78 is 45.3. The van der Waals surface area contributed by atoms with E-state index in [4.69, 9.17) is 4.74 Å². The summed E-state index contributed by atoms with van der Waals surface area (Å²) in [4.78, 5) is 32.4. The zero-order valence-corrected chi connectivity index (χ0v) is 23.1. The molecule has 2 aliphatic rings. The number of carbonyl (C=O) groups excluding carboxylic acids is 1. The van der Waals surface area contributed by atoms with E-state index in [9.17, 15) is 22.8 Å². The van der Waals surface area contributed by atoms with E-state index >= 15 is 0 Å². The first-order valence-electron chi connectivity index (χ1n) is 14.0. The Kier molecular flexibility index (Phi) is 9.28. The zero-order valence-electron chi connectivity index (χ0n) is 23.1. The first-order valence-corrected chi connectivity index (χ1v) is 14.0. The predicted molar refractivity (Wildman–Crippen MR) is 154 cm³/mol. The van der Waals surface area contributed by atoms with Crippen LogP contribution in [-0.2, 0) is 10.9 Å². The number of anilines is 3. The van der Waals surface area contributed by atoms with Crippen LogP contribution in [-0.4, -0.2) is 91.2 Å². The second-order valence-electron chi connectivity index (χ2n) is 10.2. The molecule has 13 heteroatoms. The predicted octanol–water partition coefficient (Wildman–Crippen LogP) is 3.74. The van der Waals surface area contributed by atoms with Gasteiger partial charge in [0.25, 0.3) is 5.56 Å². The number of para-hydroxylation sites is 1. The molecule has 2 N–H and O–H groups in total. The number of urea groups is 1. The highest BCUT2D eigenvalue weighted by Gasteiger charge is 2.30. The number of morpholine rings is 1. The van der Waals surface area contributed by atoms with Gasteiger partial charge in [-0.25, -0.2) is 4.79 Å². The molecule has 2 aromatic carbocycles.